The van der Waals surface area contributed by atoms with Crippen LogP contribution in [0.1, 0.15) is 0 Å². The molecule has 11 heteroatoms. The maximum atomic E-state index is 13.0. The van der Waals surface area contributed by atoms with Crippen molar-refractivity contribution in [2.24, 2.45) is 28.1 Å². The zero-order valence-electron chi connectivity index (χ0n) is 9.84. The molecule has 5 atom stereocenters. The Labute approximate surface area is 175 Å². The van der Waals surface area contributed by atoms with Crippen molar-refractivity contribution in [1.29, 1.82) is 0 Å². The lowest BCUT2D eigenvalue weighted by atomic mass is 9.30. The molecular weight excluding hydrogens is 503 g/mol. The summed E-state index contributed by atoms with van der Waals surface area (Å²) in [7, 11) is 0. The van der Waals surface area contributed by atoms with Gasteiger partial charge in [-0.05, 0) is 5.92 Å². The third kappa shape index (κ3) is 0.800. The molecule has 2 spiro atoms. The highest BCUT2D eigenvalue weighted by molar-refractivity contribution is 6.73. The number of alkyl halides is 10. The number of halogens is 10. The summed E-state index contributed by atoms with van der Waals surface area (Å²) in [5.74, 6) is -1.97. The predicted molar refractivity (Wildman–Crippen MR) is 91.5 cm³/mol. The average molecular weight is 505 g/mol. The van der Waals surface area contributed by atoms with Crippen molar-refractivity contribution < 1.29 is 4.79 Å². The van der Waals surface area contributed by atoms with E-state index in [0.717, 1.165) is 0 Å². The summed E-state index contributed by atoms with van der Waals surface area (Å²) < 4.78 is -9.19. The normalized spacial score (nSPS) is 60.9. The maximum Gasteiger partial charge on any atom is 0.163 e. The summed E-state index contributed by atoms with van der Waals surface area (Å²) in [5, 5.41) is 0. The second-order valence-electron chi connectivity index (χ2n) is 6.63. The molecule has 6 fully saturated rings. The van der Waals surface area contributed by atoms with E-state index in [9.17, 15) is 4.79 Å². The van der Waals surface area contributed by atoms with E-state index in [-0.39, 0.29) is 0 Å². The molecule has 0 aromatic heterocycles. The lowest BCUT2D eigenvalue weighted by Crippen LogP contribution is -2.99. The van der Waals surface area contributed by atoms with E-state index in [1.165, 1.54) is 0 Å². The number of ketones is 1. The highest BCUT2D eigenvalue weighted by Crippen LogP contribution is 3.12. The van der Waals surface area contributed by atoms with E-state index < -0.39 is 55.5 Å². The Kier molecular flexibility index (Phi) is 2.57. The Morgan fingerprint density at radius 1 is 0.591 bits per heavy atom. The Hall–Kier alpha value is 2.57. The van der Waals surface area contributed by atoms with Crippen LogP contribution >= 0.6 is 116 Å². The third-order valence-electron chi connectivity index (χ3n) is 6.73. The first-order valence-electron chi connectivity index (χ1n) is 6.08. The van der Waals surface area contributed by atoms with Gasteiger partial charge < -0.3 is 0 Å². The van der Waals surface area contributed by atoms with Crippen molar-refractivity contribution in [2.45, 2.75) is 21.7 Å². The molecule has 1 nitrogen and oxygen atoms in total. The highest BCUT2D eigenvalue weighted by Gasteiger charge is 3.23. The summed E-state index contributed by atoms with van der Waals surface area (Å²) in [6.45, 7) is 0. The first kappa shape index (κ1) is 16.7. The molecule has 0 aromatic carbocycles. The van der Waals surface area contributed by atoms with Gasteiger partial charge in [-0.15, -0.1) is 0 Å². The van der Waals surface area contributed by atoms with Gasteiger partial charge in [0, 0.05) is 5.92 Å². The molecule has 6 aliphatic rings. The van der Waals surface area contributed by atoms with Gasteiger partial charge in [0.25, 0.3) is 0 Å². The Bertz CT molecular complexity index is 712. The molecule has 0 saturated heterocycles. The van der Waals surface area contributed by atoms with E-state index in [0.29, 0.717) is 0 Å². The van der Waals surface area contributed by atoms with Crippen LogP contribution in [0, 0.1) is 28.1 Å². The quantitative estimate of drug-likeness (QED) is 0.388. The van der Waals surface area contributed by atoms with Gasteiger partial charge in [0.05, 0.1) is 5.41 Å². The van der Waals surface area contributed by atoms with E-state index in [2.05, 4.69) is 0 Å². The van der Waals surface area contributed by atoms with Gasteiger partial charge in [0.1, 0.15) is 23.8 Å². The third-order valence-corrected chi connectivity index (χ3v) is 12.9. The molecular formula is C11H2Cl10O. The molecule has 6 saturated carbocycles. The van der Waals surface area contributed by atoms with Gasteiger partial charge >= 0.3 is 0 Å². The van der Waals surface area contributed by atoms with Crippen molar-refractivity contribution in [2.75, 3.05) is 0 Å². The van der Waals surface area contributed by atoms with Gasteiger partial charge in [-0.25, -0.2) is 0 Å². The topological polar surface area (TPSA) is 17.1 Å². The van der Waals surface area contributed by atoms with Crippen molar-refractivity contribution in [1.82, 2.24) is 0 Å². The van der Waals surface area contributed by atoms with E-state index in [1.54, 1.807) is 0 Å². The molecule has 0 amide bonds. The summed E-state index contributed by atoms with van der Waals surface area (Å²) in [4.78, 5) is 13.0. The smallest absolute Gasteiger partial charge is 0.163 e. The summed E-state index contributed by atoms with van der Waals surface area (Å²) in [6.07, 6.45) is 0. The second-order valence-corrected chi connectivity index (χ2v) is 13.3. The van der Waals surface area contributed by atoms with Crippen molar-refractivity contribution in [3.8, 4) is 0 Å². The molecule has 0 heterocycles. The predicted octanol–water partition coefficient (Wildman–Crippen LogP) is 5.68. The zero-order valence-corrected chi connectivity index (χ0v) is 17.4. The Morgan fingerprint density at radius 2 is 1.00 bits per heavy atom. The number of hydrogen-bond acceptors (Lipinski definition) is 1. The molecule has 0 aromatic rings. The fourth-order valence-corrected chi connectivity index (χ4v) is 13.6. The lowest BCUT2D eigenvalue weighted by Gasteiger charge is -2.85. The van der Waals surface area contributed by atoms with Crippen LogP contribution in [0.15, 0.2) is 0 Å². The first-order chi connectivity index (χ1) is 9.64. The van der Waals surface area contributed by atoms with Crippen molar-refractivity contribution >= 4 is 122 Å². The van der Waals surface area contributed by atoms with Gasteiger partial charge in [0.2, 0.25) is 0 Å². The van der Waals surface area contributed by atoms with E-state index >= 15 is 0 Å². The van der Waals surface area contributed by atoms with Crippen LogP contribution in [0.5, 0.6) is 0 Å². The zero-order chi connectivity index (χ0) is 16.7. The molecule has 0 aliphatic heterocycles. The maximum absolute atomic E-state index is 13.0. The van der Waals surface area contributed by atoms with Crippen molar-refractivity contribution in [3.05, 3.63) is 0 Å². The number of hydrogen-bond donors (Lipinski definition) is 0. The molecule has 5 bridgehead atoms. The van der Waals surface area contributed by atoms with E-state index in [4.69, 9.17) is 116 Å². The van der Waals surface area contributed by atoms with Crippen molar-refractivity contribution in [3.63, 3.8) is 0 Å². The van der Waals surface area contributed by atoms with Crippen LogP contribution in [0.25, 0.3) is 0 Å². The molecule has 5 unspecified atom stereocenters. The van der Waals surface area contributed by atoms with Crippen LogP contribution in [-0.2, 0) is 4.79 Å². The molecule has 22 heavy (non-hydrogen) atoms. The number of Topliss-reactive ketones (excluding diaryl/α,β-unsaturated/α-hetero) is 1. The van der Waals surface area contributed by atoms with Crippen LogP contribution < -0.4 is 0 Å². The molecule has 0 N–H and O–H groups in total. The second kappa shape index (κ2) is 3.38. The minimum absolute atomic E-state index is 0.425. The Morgan fingerprint density at radius 3 is 1.41 bits per heavy atom. The first-order valence-corrected chi connectivity index (χ1v) is 9.86. The summed E-state index contributed by atoms with van der Waals surface area (Å²) in [5.41, 5.74) is -4.62. The largest absolute Gasteiger partial charge is 0.298 e. The number of carbonyl (C=O) groups is 1. The summed E-state index contributed by atoms with van der Waals surface area (Å²) in [6, 6.07) is 0. The minimum Gasteiger partial charge on any atom is -0.298 e. The van der Waals surface area contributed by atoms with E-state index in [1.807, 2.05) is 0 Å². The fraction of sp³-hybridized carbons (Fsp3) is 0.909. The van der Waals surface area contributed by atoms with Crippen LogP contribution in [-0.4, -0.2) is 27.5 Å². The number of carbonyl (C=O) groups excluding carboxylic acids is 1. The molecule has 0 radical (unpaired) electrons. The van der Waals surface area contributed by atoms with Gasteiger partial charge in [-0.1, -0.05) is 116 Å². The minimum atomic E-state index is -1.91. The highest BCUT2D eigenvalue weighted by atomic mass is 35.6. The number of rotatable bonds is 0. The summed E-state index contributed by atoms with van der Waals surface area (Å²) >= 11 is 65.2. The molecule has 122 valence electrons. The lowest BCUT2D eigenvalue weighted by molar-refractivity contribution is -0.227. The fourth-order valence-electron chi connectivity index (χ4n) is 6.32. The van der Waals surface area contributed by atoms with Gasteiger partial charge in [-0.2, -0.15) is 0 Å². The molecule has 6 aliphatic carbocycles. The van der Waals surface area contributed by atoms with Crippen LogP contribution in [0.2, 0.25) is 0 Å². The monoisotopic (exact) mass is 500 g/mol. The molecule has 6 rings (SSSR count). The Balaban J connectivity index is 2.01. The average Bonchev–Trinajstić information content (AvgIpc) is 2.77. The van der Waals surface area contributed by atoms with Gasteiger partial charge in [0.15, 0.2) is 14.4 Å². The standard InChI is InChI=1S/C11H2Cl10O/c12-7(13)2-1-4-3(22)5(2,8(4,14)15)10(18,19)6(1,9(4,16)17)11(7,20)21/h1-2H. The van der Waals surface area contributed by atoms with Gasteiger partial charge in [-0.3, -0.25) is 4.79 Å². The van der Waals surface area contributed by atoms with Crippen LogP contribution in [0.3, 0.4) is 0 Å². The van der Waals surface area contributed by atoms with Crippen LogP contribution in [0.4, 0.5) is 0 Å². The SMILES string of the molecule is O=C1C23C4C5C1(C2(Cl)Cl)C(Cl)(Cl)C5(C(Cl)(Cl)C4(Cl)Cl)C3(Cl)Cl.